The number of hydrogen-bond acceptors (Lipinski definition) is 5. The van der Waals surface area contributed by atoms with E-state index in [0.717, 1.165) is 5.56 Å². The second-order valence-corrected chi connectivity index (χ2v) is 6.31. The predicted molar refractivity (Wildman–Crippen MR) is 100 cm³/mol. The molecule has 0 N–H and O–H groups in total. The van der Waals surface area contributed by atoms with Crippen LogP contribution in [0, 0.1) is 10.1 Å². The van der Waals surface area contributed by atoms with Gasteiger partial charge in [0.15, 0.2) is 5.65 Å². The molecule has 4 rings (SSSR count). The Hall–Kier alpha value is -3.52. The molecule has 0 saturated heterocycles. The number of benzene rings is 2. The van der Waals surface area contributed by atoms with Crippen molar-refractivity contribution in [1.82, 2.24) is 19.3 Å². The third-order valence-electron chi connectivity index (χ3n) is 4.11. The highest BCUT2D eigenvalue weighted by atomic mass is 35.5. The van der Waals surface area contributed by atoms with Gasteiger partial charge in [-0.1, -0.05) is 29.8 Å². The summed E-state index contributed by atoms with van der Waals surface area (Å²) in [4.78, 5) is 27.4. The van der Waals surface area contributed by atoms with Crippen molar-refractivity contribution in [3.63, 3.8) is 0 Å². The van der Waals surface area contributed by atoms with Crippen molar-refractivity contribution < 1.29 is 4.92 Å². The van der Waals surface area contributed by atoms with E-state index in [4.69, 9.17) is 11.6 Å². The fourth-order valence-corrected chi connectivity index (χ4v) is 2.96. The molecular formula is C18H12ClN5O3. The molecular weight excluding hydrogens is 370 g/mol. The van der Waals surface area contributed by atoms with Crippen molar-refractivity contribution in [3.8, 4) is 5.69 Å². The Kier molecular flexibility index (Phi) is 4.17. The Morgan fingerprint density at radius 1 is 1.15 bits per heavy atom. The molecule has 2 aromatic carbocycles. The molecule has 0 unspecified atom stereocenters. The Labute approximate surface area is 157 Å². The van der Waals surface area contributed by atoms with Gasteiger partial charge in [-0.15, -0.1) is 0 Å². The molecule has 2 heterocycles. The first-order valence-electron chi connectivity index (χ1n) is 7.95. The number of non-ortho nitro benzene ring substituents is 1. The number of halogens is 1. The zero-order valence-corrected chi connectivity index (χ0v) is 14.6. The van der Waals surface area contributed by atoms with Crippen molar-refractivity contribution in [2.24, 2.45) is 0 Å². The lowest BCUT2D eigenvalue weighted by Crippen LogP contribution is -2.21. The number of nitro groups is 1. The lowest BCUT2D eigenvalue weighted by molar-refractivity contribution is -0.384. The highest BCUT2D eigenvalue weighted by Crippen LogP contribution is 2.18. The molecule has 0 radical (unpaired) electrons. The number of rotatable bonds is 4. The van der Waals surface area contributed by atoms with E-state index >= 15 is 0 Å². The molecule has 8 nitrogen and oxygen atoms in total. The molecule has 0 atom stereocenters. The van der Waals surface area contributed by atoms with Gasteiger partial charge in [0.25, 0.3) is 11.2 Å². The molecule has 0 fully saturated rings. The molecule has 0 amide bonds. The summed E-state index contributed by atoms with van der Waals surface area (Å²) >= 11 is 6.02. The lowest BCUT2D eigenvalue weighted by Gasteiger charge is -2.07. The van der Waals surface area contributed by atoms with Crippen LogP contribution < -0.4 is 5.56 Å². The minimum atomic E-state index is -0.464. The van der Waals surface area contributed by atoms with E-state index in [-0.39, 0.29) is 17.8 Å². The highest BCUT2D eigenvalue weighted by Gasteiger charge is 2.12. The van der Waals surface area contributed by atoms with Crippen LogP contribution in [0.4, 0.5) is 5.69 Å². The summed E-state index contributed by atoms with van der Waals surface area (Å²) in [6.07, 6.45) is 2.91. The molecule has 0 spiro atoms. The van der Waals surface area contributed by atoms with Gasteiger partial charge in [-0.25, -0.2) is 9.67 Å². The van der Waals surface area contributed by atoms with Crippen LogP contribution in [0.15, 0.2) is 65.8 Å². The molecule has 27 heavy (non-hydrogen) atoms. The third-order valence-corrected chi connectivity index (χ3v) is 4.34. The van der Waals surface area contributed by atoms with Crippen LogP contribution in [0.1, 0.15) is 5.56 Å². The molecule has 2 aromatic heterocycles. The summed E-state index contributed by atoms with van der Waals surface area (Å²) < 4.78 is 2.99. The fraction of sp³-hybridized carbons (Fsp3) is 0.0556. The number of fused-ring (bicyclic) bond motifs is 1. The van der Waals surface area contributed by atoms with Crippen LogP contribution >= 0.6 is 11.6 Å². The number of nitro benzene ring substituents is 1. The van der Waals surface area contributed by atoms with Gasteiger partial charge < -0.3 is 0 Å². The summed E-state index contributed by atoms with van der Waals surface area (Å²) in [6, 6.07) is 13.1. The minimum Gasteiger partial charge on any atom is -0.294 e. The van der Waals surface area contributed by atoms with Gasteiger partial charge >= 0.3 is 0 Å². The molecule has 0 aliphatic heterocycles. The van der Waals surface area contributed by atoms with Crippen molar-refractivity contribution in [2.45, 2.75) is 6.54 Å². The molecule has 9 heteroatoms. The largest absolute Gasteiger partial charge is 0.294 e. The standard InChI is InChI=1S/C18H12ClN5O3/c19-13-2-1-3-15(8-13)23-17-16(9-21-23)18(25)22(11-20-17)10-12-4-6-14(7-5-12)24(26)27/h1-9,11H,10H2. The van der Waals surface area contributed by atoms with E-state index in [9.17, 15) is 14.9 Å². The maximum Gasteiger partial charge on any atom is 0.269 e. The van der Waals surface area contributed by atoms with Crippen LogP contribution in [-0.4, -0.2) is 24.3 Å². The van der Waals surface area contributed by atoms with E-state index in [1.165, 1.54) is 29.2 Å². The third kappa shape index (κ3) is 3.18. The average molecular weight is 382 g/mol. The first-order valence-corrected chi connectivity index (χ1v) is 8.33. The molecule has 134 valence electrons. The van der Waals surface area contributed by atoms with E-state index in [2.05, 4.69) is 10.1 Å². The Balaban J connectivity index is 1.71. The number of hydrogen-bond donors (Lipinski definition) is 0. The smallest absolute Gasteiger partial charge is 0.269 e. The van der Waals surface area contributed by atoms with Crippen LogP contribution in [0.3, 0.4) is 0 Å². The van der Waals surface area contributed by atoms with Crippen LogP contribution in [0.5, 0.6) is 0 Å². The van der Waals surface area contributed by atoms with Crippen molar-refractivity contribution in [2.75, 3.05) is 0 Å². The summed E-state index contributed by atoms with van der Waals surface area (Å²) in [5, 5.41) is 15.9. The van der Waals surface area contributed by atoms with Gasteiger partial charge in [-0.3, -0.25) is 19.5 Å². The second kappa shape index (κ2) is 6.65. The topological polar surface area (TPSA) is 95.8 Å². The fourth-order valence-electron chi connectivity index (χ4n) is 2.78. The number of nitrogens with zero attached hydrogens (tertiary/aromatic N) is 5. The minimum absolute atomic E-state index is 0.00229. The number of aromatic nitrogens is 4. The summed E-state index contributed by atoms with van der Waals surface area (Å²) in [6.45, 7) is 0.252. The summed E-state index contributed by atoms with van der Waals surface area (Å²) in [5.41, 5.74) is 1.65. The molecule has 0 saturated carbocycles. The van der Waals surface area contributed by atoms with Gasteiger partial charge in [-0.2, -0.15) is 5.10 Å². The van der Waals surface area contributed by atoms with E-state index in [1.807, 2.05) is 6.07 Å². The van der Waals surface area contributed by atoms with Gasteiger partial charge in [0.2, 0.25) is 0 Å². The van der Waals surface area contributed by atoms with Gasteiger partial charge in [0, 0.05) is 17.2 Å². The van der Waals surface area contributed by atoms with Crippen molar-refractivity contribution >= 4 is 28.3 Å². The Morgan fingerprint density at radius 2 is 1.93 bits per heavy atom. The zero-order chi connectivity index (χ0) is 19.0. The van der Waals surface area contributed by atoms with Crippen LogP contribution in [0.2, 0.25) is 5.02 Å². The summed E-state index contributed by atoms with van der Waals surface area (Å²) in [7, 11) is 0. The van der Waals surface area contributed by atoms with Gasteiger partial charge in [-0.05, 0) is 23.8 Å². The van der Waals surface area contributed by atoms with Gasteiger partial charge in [0.1, 0.15) is 11.7 Å². The van der Waals surface area contributed by atoms with Gasteiger partial charge in [0.05, 0.1) is 23.4 Å². The SMILES string of the molecule is O=c1c2cnn(-c3cccc(Cl)c3)c2ncn1Cc1ccc([N+](=O)[O-])cc1. The quantitative estimate of drug-likeness (QED) is 0.399. The first kappa shape index (κ1) is 16.9. The maximum absolute atomic E-state index is 12.8. The highest BCUT2D eigenvalue weighted by molar-refractivity contribution is 6.30. The van der Waals surface area contributed by atoms with Crippen LogP contribution in [-0.2, 0) is 6.54 Å². The lowest BCUT2D eigenvalue weighted by atomic mass is 10.2. The Bertz CT molecular complexity index is 1210. The molecule has 0 aliphatic rings. The molecule has 0 aliphatic carbocycles. The maximum atomic E-state index is 12.8. The average Bonchev–Trinajstić information content (AvgIpc) is 3.09. The summed E-state index contributed by atoms with van der Waals surface area (Å²) in [5.74, 6) is 0. The van der Waals surface area contributed by atoms with Crippen molar-refractivity contribution in [3.05, 3.63) is 92.1 Å². The van der Waals surface area contributed by atoms with E-state index in [1.54, 1.807) is 35.0 Å². The predicted octanol–water partition coefficient (Wildman–Crippen LogP) is 3.19. The molecule has 4 aromatic rings. The van der Waals surface area contributed by atoms with E-state index in [0.29, 0.717) is 21.7 Å². The first-order chi connectivity index (χ1) is 13.0. The van der Waals surface area contributed by atoms with Crippen LogP contribution in [0.25, 0.3) is 16.7 Å². The second-order valence-electron chi connectivity index (χ2n) is 5.87. The van der Waals surface area contributed by atoms with Crippen molar-refractivity contribution in [1.29, 1.82) is 0 Å². The zero-order valence-electron chi connectivity index (χ0n) is 13.8. The normalized spacial score (nSPS) is 11.0. The monoisotopic (exact) mass is 381 g/mol. The molecule has 0 bridgehead atoms. The Morgan fingerprint density at radius 3 is 2.63 bits per heavy atom. The van der Waals surface area contributed by atoms with E-state index < -0.39 is 4.92 Å².